The molecule has 0 bridgehead atoms. The van der Waals surface area contributed by atoms with Crippen LogP contribution in [0.4, 0.5) is 10.1 Å². The summed E-state index contributed by atoms with van der Waals surface area (Å²) < 4.78 is 13.3. The molecular weight excluding hydrogens is 249 g/mol. The molecule has 0 radical (unpaired) electrons. The molecule has 1 aliphatic rings. The van der Waals surface area contributed by atoms with Crippen molar-refractivity contribution < 1.29 is 9.31 Å². The number of nitro groups is 1. The number of halogens is 1. The molecule has 0 saturated carbocycles. The fourth-order valence-electron chi connectivity index (χ4n) is 2.65. The standard InChI is InChI=1S/C13H18FN3O2/c1-15-8-12-3-2-6-16(12)9-10-7-11(14)4-5-13(10)17(18)19/h4-5,7,12,15H,2-3,6,8-9H2,1H3. The molecule has 1 aromatic rings. The lowest BCUT2D eigenvalue weighted by molar-refractivity contribution is -0.385. The van der Waals surface area contributed by atoms with Crippen molar-refractivity contribution in [2.24, 2.45) is 0 Å². The average Bonchev–Trinajstić information content (AvgIpc) is 2.77. The van der Waals surface area contributed by atoms with E-state index in [2.05, 4.69) is 10.2 Å². The van der Waals surface area contributed by atoms with E-state index in [9.17, 15) is 14.5 Å². The fraction of sp³-hybridized carbons (Fsp3) is 0.538. The van der Waals surface area contributed by atoms with E-state index in [1.165, 1.54) is 12.1 Å². The lowest BCUT2D eigenvalue weighted by Gasteiger charge is -2.24. The van der Waals surface area contributed by atoms with E-state index in [0.717, 1.165) is 32.0 Å². The average molecular weight is 267 g/mol. The summed E-state index contributed by atoms with van der Waals surface area (Å²) in [5, 5.41) is 14.1. The van der Waals surface area contributed by atoms with Crippen LogP contribution < -0.4 is 5.32 Å². The monoisotopic (exact) mass is 267 g/mol. The molecule has 1 saturated heterocycles. The Hall–Kier alpha value is -1.53. The number of likely N-dealkylation sites (tertiary alicyclic amines) is 1. The second-order valence-electron chi connectivity index (χ2n) is 4.85. The minimum atomic E-state index is -0.447. The summed E-state index contributed by atoms with van der Waals surface area (Å²) in [7, 11) is 1.89. The van der Waals surface area contributed by atoms with Crippen LogP contribution in [0.1, 0.15) is 18.4 Å². The SMILES string of the molecule is CNCC1CCCN1Cc1cc(F)ccc1[N+](=O)[O-]. The summed E-state index contributed by atoms with van der Waals surface area (Å²) in [4.78, 5) is 12.7. The Morgan fingerprint density at radius 1 is 1.58 bits per heavy atom. The second kappa shape index (κ2) is 6.08. The van der Waals surface area contributed by atoms with Crippen molar-refractivity contribution in [2.45, 2.75) is 25.4 Å². The topological polar surface area (TPSA) is 58.4 Å². The number of hydrogen-bond acceptors (Lipinski definition) is 4. The van der Waals surface area contributed by atoms with Gasteiger partial charge in [0.25, 0.3) is 5.69 Å². The Balaban J connectivity index is 2.17. The molecule has 6 heteroatoms. The zero-order valence-corrected chi connectivity index (χ0v) is 10.9. The normalized spacial score (nSPS) is 19.8. The molecule has 1 N–H and O–H groups in total. The van der Waals surface area contributed by atoms with Gasteiger partial charge in [0.1, 0.15) is 5.82 Å². The molecule has 19 heavy (non-hydrogen) atoms. The van der Waals surface area contributed by atoms with E-state index in [-0.39, 0.29) is 5.69 Å². The number of hydrogen-bond donors (Lipinski definition) is 1. The maximum Gasteiger partial charge on any atom is 0.274 e. The fourth-order valence-corrected chi connectivity index (χ4v) is 2.65. The van der Waals surface area contributed by atoms with Gasteiger partial charge in [-0.1, -0.05) is 0 Å². The first-order valence-electron chi connectivity index (χ1n) is 6.43. The molecule has 104 valence electrons. The van der Waals surface area contributed by atoms with E-state index in [0.29, 0.717) is 18.2 Å². The summed E-state index contributed by atoms with van der Waals surface area (Å²) in [6.07, 6.45) is 2.15. The first kappa shape index (κ1) is 13.9. The van der Waals surface area contributed by atoms with E-state index in [4.69, 9.17) is 0 Å². The molecule has 1 aliphatic heterocycles. The van der Waals surface area contributed by atoms with Crippen LogP contribution in [-0.4, -0.2) is 36.0 Å². The smallest absolute Gasteiger partial charge is 0.274 e. The summed E-state index contributed by atoms with van der Waals surface area (Å²) in [5.41, 5.74) is 0.449. The number of nitrogens with zero attached hydrogens (tertiary/aromatic N) is 2. The van der Waals surface area contributed by atoms with Gasteiger partial charge in [0.15, 0.2) is 0 Å². The van der Waals surface area contributed by atoms with Crippen molar-refractivity contribution in [2.75, 3.05) is 20.1 Å². The number of benzene rings is 1. The number of rotatable bonds is 5. The zero-order chi connectivity index (χ0) is 13.8. The zero-order valence-electron chi connectivity index (χ0n) is 10.9. The third-order valence-corrected chi connectivity index (χ3v) is 3.55. The maximum atomic E-state index is 13.3. The van der Waals surface area contributed by atoms with Crippen LogP contribution in [0.5, 0.6) is 0 Å². The minimum Gasteiger partial charge on any atom is -0.318 e. The first-order chi connectivity index (χ1) is 9.11. The molecule has 0 aliphatic carbocycles. The molecule has 2 rings (SSSR count). The highest BCUT2D eigenvalue weighted by atomic mass is 19.1. The van der Waals surface area contributed by atoms with E-state index in [1.54, 1.807) is 0 Å². The minimum absolute atomic E-state index is 0.00323. The molecule has 0 spiro atoms. The van der Waals surface area contributed by atoms with Gasteiger partial charge in [0.2, 0.25) is 0 Å². The lowest BCUT2D eigenvalue weighted by Crippen LogP contribution is -2.36. The number of nitrogens with one attached hydrogen (secondary N) is 1. The Morgan fingerprint density at radius 3 is 3.05 bits per heavy atom. The van der Waals surface area contributed by atoms with Crippen molar-refractivity contribution in [3.63, 3.8) is 0 Å². The second-order valence-corrected chi connectivity index (χ2v) is 4.85. The predicted molar refractivity (Wildman–Crippen MR) is 70.4 cm³/mol. The molecule has 1 unspecified atom stereocenters. The molecule has 1 aromatic carbocycles. The van der Waals surface area contributed by atoms with Crippen LogP contribution in [-0.2, 0) is 6.54 Å². The summed E-state index contributed by atoms with van der Waals surface area (Å²) in [5.74, 6) is -0.426. The highest BCUT2D eigenvalue weighted by Gasteiger charge is 2.26. The Morgan fingerprint density at radius 2 is 2.37 bits per heavy atom. The Labute approximate surface area is 111 Å². The quantitative estimate of drug-likeness (QED) is 0.654. The van der Waals surface area contributed by atoms with Gasteiger partial charge in [0, 0.05) is 30.8 Å². The maximum absolute atomic E-state index is 13.3. The van der Waals surface area contributed by atoms with Crippen LogP contribution in [0.3, 0.4) is 0 Å². The Kier molecular flexibility index (Phi) is 4.44. The van der Waals surface area contributed by atoms with Gasteiger partial charge in [-0.2, -0.15) is 0 Å². The van der Waals surface area contributed by atoms with Crippen molar-refractivity contribution >= 4 is 5.69 Å². The van der Waals surface area contributed by atoms with E-state index in [1.807, 2.05) is 7.05 Å². The van der Waals surface area contributed by atoms with Gasteiger partial charge in [0.05, 0.1) is 4.92 Å². The third kappa shape index (κ3) is 3.27. The van der Waals surface area contributed by atoms with Crippen LogP contribution in [0.2, 0.25) is 0 Å². The summed E-state index contributed by atoms with van der Waals surface area (Å²) in [6.45, 7) is 2.18. The molecule has 1 atom stereocenters. The number of likely N-dealkylation sites (N-methyl/N-ethyl adjacent to an activating group) is 1. The highest BCUT2D eigenvalue weighted by Crippen LogP contribution is 2.25. The van der Waals surface area contributed by atoms with Gasteiger partial charge >= 0.3 is 0 Å². The molecule has 0 amide bonds. The summed E-state index contributed by atoms with van der Waals surface area (Å²) >= 11 is 0. The van der Waals surface area contributed by atoms with Gasteiger partial charge in [-0.3, -0.25) is 15.0 Å². The van der Waals surface area contributed by atoms with Crippen LogP contribution in [0.15, 0.2) is 18.2 Å². The molecule has 1 fully saturated rings. The molecular formula is C13H18FN3O2. The number of nitro benzene ring substituents is 1. The van der Waals surface area contributed by atoms with E-state index < -0.39 is 10.7 Å². The van der Waals surface area contributed by atoms with Gasteiger partial charge < -0.3 is 5.32 Å². The summed E-state index contributed by atoms with van der Waals surface area (Å²) in [6, 6.07) is 4.02. The molecule has 1 heterocycles. The van der Waals surface area contributed by atoms with Crippen LogP contribution in [0.25, 0.3) is 0 Å². The van der Waals surface area contributed by atoms with Gasteiger partial charge in [-0.05, 0) is 38.6 Å². The van der Waals surface area contributed by atoms with Crippen molar-refractivity contribution in [1.29, 1.82) is 0 Å². The lowest BCUT2D eigenvalue weighted by atomic mass is 10.1. The third-order valence-electron chi connectivity index (χ3n) is 3.55. The van der Waals surface area contributed by atoms with E-state index >= 15 is 0 Å². The first-order valence-corrected chi connectivity index (χ1v) is 6.43. The largest absolute Gasteiger partial charge is 0.318 e. The van der Waals surface area contributed by atoms with Gasteiger partial charge in [-0.25, -0.2) is 4.39 Å². The van der Waals surface area contributed by atoms with Gasteiger partial charge in [-0.15, -0.1) is 0 Å². The van der Waals surface area contributed by atoms with Crippen LogP contribution in [0, 0.1) is 15.9 Å². The Bertz CT molecular complexity index is 467. The van der Waals surface area contributed by atoms with Crippen molar-refractivity contribution in [3.8, 4) is 0 Å². The molecule has 5 nitrogen and oxygen atoms in total. The van der Waals surface area contributed by atoms with Crippen LogP contribution >= 0.6 is 0 Å². The van der Waals surface area contributed by atoms with Crippen molar-refractivity contribution in [3.05, 3.63) is 39.7 Å². The highest BCUT2D eigenvalue weighted by molar-refractivity contribution is 5.40. The predicted octanol–water partition coefficient (Wildman–Crippen LogP) is 1.92. The van der Waals surface area contributed by atoms with Crippen molar-refractivity contribution in [1.82, 2.24) is 10.2 Å². The molecule has 0 aromatic heterocycles.